The van der Waals surface area contributed by atoms with Gasteiger partial charge in [-0.15, -0.1) is 5.10 Å². The van der Waals surface area contributed by atoms with Gasteiger partial charge in [0.2, 0.25) is 17.0 Å². The number of aromatic amines is 1. The smallest absolute Gasteiger partial charge is 0.240 e. The summed E-state index contributed by atoms with van der Waals surface area (Å²) in [6.45, 7) is 0. The average molecular weight is 388 g/mol. The third kappa shape index (κ3) is 5.61. The molecule has 1 amide bonds. The first kappa shape index (κ1) is 18.5. The Morgan fingerprint density at radius 2 is 1.96 bits per heavy atom. The molecule has 0 bridgehead atoms. The number of hydrogen-bond acceptors (Lipinski definition) is 6. The lowest BCUT2D eigenvalue weighted by Gasteiger charge is -2.03. The van der Waals surface area contributed by atoms with E-state index >= 15 is 0 Å². The van der Waals surface area contributed by atoms with Gasteiger partial charge in [-0.05, 0) is 30.3 Å². The summed E-state index contributed by atoms with van der Waals surface area (Å²) in [5.74, 6) is -0.704. The molecular weight excluding hydrogens is 374 g/mol. The van der Waals surface area contributed by atoms with E-state index in [1.165, 1.54) is 36.5 Å². The molecule has 138 valence electrons. The van der Waals surface area contributed by atoms with Gasteiger partial charge in [0.1, 0.15) is 11.6 Å². The second-order valence-corrected chi connectivity index (χ2v) is 6.14. The summed E-state index contributed by atoms with van der Waals surface area (Å²) in [6.07, 6.45) is 1.32. The lowest BCUT2D eigenvalue weighted by molar-refractivity contribution is -0.113. The van der Waals surface area contributed by atoms with Crippen molar-refractivity contribution in [2.75, 3.05) is 16.5 Å². The summed E-state index contributed by atoms with van der Waals surface area (Å²) >= 11 is 1.11. The van der Waals surface area contributed by atoms with Crippen molar-refractivity contribution in [3.8, 4) is 0 Å². The van der Waals surface area contributed by atoms with Crippen LogP contribution in [0.3, 0.4) is 0 Å². The molecule has 0 aliphatic carbocycles. The molecule has 3 aromatic rings. The van der Waals surface area contributed by atoms with Crippen molar-refractivity contribution in [2.45, 2.75) is 5.16 Å². The monoisotopic (exact) mass is 388 g/mol. The summed E-state index contributed by atoms with van der Waals surface area (Å²) in [6, 6.07) is 11.7. The lowest BCUT2D eigenvalue weighted by Crippen LogP contribution is -2.14. The van der Waals surface area contributed by atoms with Crippen LogP contribution in [-0.2, 0) is 4.79 Å². The van der Waals surface area contributed by atoms with Crippen molar-refractivity contribution in [1.82, 2.24) is 15.2 Å². The Hall–Kier alpha value is -3.27. The van der Waals surface area contributed by atoms with Crippen molar-refractivity contribution in [3.63, 3.8) is 0 Å². The predicted molar refractivity (Wildman–Crippen MR) is 99.8 cm³/mol. The number of nitrogens with one attached hydrogen (secondary N) is 3. The highest BCUT2D eigenvalue weighted by molar-refractivity contribution is 7.99. The van der Waals surface area contributed by atoms with E-state index in [-0.39, 0.29) is 29.2 Å². The first-order valence-electron chi connectivity index (χ1n) is 7.74. The van der Waals surface area contributed by atoms with Crippen molar-refractivity contribution >= 4 is 35.5 Å². The quantitative estimate of drug-likeness (QED) is 0.328. The Morgan fingerprint density at radius 1 is 1.19 bits per heavy atom. The summed E-state index contributed by atoms with van der Waals surface area (Å²) < 4.78 is 26.3. The van der Waals surface area contributed by atoms with Crippen LogP contribution in [0.1, 0.15) is 5.56 Å². The number of carbonyl (C=O) groups is 1. The van der Waals surface area contributed by atoms with E-state index in [0.29, 0.717) is 16.4 Å². The zero-order chi connectivity index (χ0) is 19.1. The molecule has 0 atom stereocenters. The second-order valence-electron chi connectivity index (χ2n) is 5.20. The molecule has 0 aliphatic heterocycles. The third-order valence-electron chi connectivity index (χ3n) is 3.20. The minimum Gasteiger partial charge on any atom is -0.325 e. The first-order chi connectivity index (χ1) is 13.1. The van der Waals surface area contributed by atoms with Gasteiger partial charge in [0.15, 0.2) is 0 Å². The molecule has 1 aromatic heterocycles. The number of thioether (sulfide) groups is 1. The largest absolute Gasteiger partial charge is 0.325 e. The summed E-state index contributed by atoms with van der Waals surface area (Å²) in [4.78, 5) is 16.0. The third-order valence-corrected chi connectivity index (χ3v) is 4.05. The molecule has 2 aromatic carbocycles. The molecular formula is C17H14F2N6OS. The van der Waals surface area contributed by atoms with Gasteiger partial charge in [0.05, 0.1) is 12.0 Å². The fraction of sp³-hybridized carbons (Fsp3) is 0.0588. The molecule has 3 rings (SSSR count). The highest BCUT2D eigenvalue weighted by Crippen LogP contribution is 2.15. The number of anilines is 2. The molecule has 10 heteroatoms. The molecule has 0 saturated carbocycles. The number of hydrazone groups is 1. The average Bonchev–Trinajstić information content (AvgIpc) is 3.11. The Kier molecular flexibility index (Phi) is 6.10. The van der Waals surface area contributed by atoms with Crippen LogP contribution in [0.2, 0.25) is 0 Å². The number of carbonyl (C=O) groups excluding carboxylic acids is 1. The number of rotatable bonds is 7. The van der Waals surface area contributed by atoms with Gasteiger partial charge in [-0.1, -0.05) is 30.0 Å². The molecule has 0 unspecified atom stereocenters. The van der Waals surface area contributed by atoms with Gasteiger partial charge >= 0.3 is 0 Å². The van der Waals surface area contributed by atoms with Gasteiger partial charge in [0.25, 0.3) is 0 Å². The number of amides is 1. The van der Waals surface area contributed by atoms with E-state index in [2.05, 4.69) is 31.0 Å². The summed E-state index contributed by atoms with van der Waals surface area (Å²) in [5.41, 5.74) is 3.43. The predicted octanol–water partition coefficient (Wildman–Crippen LogP) is 3.26. The van der Waals surface area contributed by atoms with E-state index < -0.39 is 0 Å². The highest BCUT2D eigenvalue weighted by Gasteiger charge is 2.08. The normalized spacial score (nSPS) is 10.9. The second kappa shape index (κ2) is 8.90. The molecule has 0 radical (unpaired) electrons. The van der Waals surface area contributed by atoms with Gasteiger partial charge in [-0.3, -0.25) is 4.79 Å². The Labute approximate surface area is 157 Å². The minimum atomic E-state index is -0.385. The van der Waals surface area contributed by atoms with Crippen molar-refractivity contribution in [2.24, 2.45) is 5.10 Å². The Bertz CT molecular complexity index is 945. The standard InChI is InChI=1S/C17H14F2N6OS/c18-12-5-7-13(8-6-12)21-15(26)10-27-17-22-16(24-25-17)23-20-9-11-3-1-2-4-14(11)19/h1-9H,10H2,(H,21,26)(H2,22,23,24,25)/b20-9+. The van der Waals surface area contributed by atoms with E-state index in [0.717, 1.165) is 11.8 Å². The van der Waals surface area contributed by atoms with Crippen LogP contribution in [0.25, 0.3) is 0 Å². The summed E-state index contributed by atoms with van der Waals surface area (Å²) in [5, 5.41) is 13.4. The number of benzene rings is 2. The van der Waals surface area contributed by atoms with Gasteiger partial charge < -0.3 is 5.32 Å². The number of hydrogen-bond donors (Lipinski definition) is 3. The molecule has 0 aliphatic rings. The first-order valence-corrected chi connectivity index (χ1v) is 8.73. The van der Waals surface area contributed by atoms with Crippen molar-refractivity contribution < 1.29 is 13.6 Å². The molecule has 7 nitrogen and oxygen atoms in total. The van der Waals surface area contributed by atoms with Crippen LogP contribution in [0.5, 0.6) is 0 Å². The maximum Gasteiger partial charge on any atom is 0.240 e. The van der Waals surface area contributed by atoms with Gasteiger partial charge in [0, 0.05) is 11.3 Å². The van der Waals surface area contributed by atoms with Crippen LogP contribution >= 0.6 is 11.8 Å². The van der Waals surface area contributed by atoms with Crippen LogP contribution in [0.4, 0.5) is 20.4 Å². The van der Waals surface area contributed by atoms with Crippen LogP contribution < -0.4 is 10.7 Å². The molecule has 1 heterocycles. The van der Waals surface area contributed by atoms with Crippen molar-refractivity contribution in [3.05, 3.63) is 65.7 Å². The SMILES string of the molecule is O=C(CSc1n[nH]c(N/N=C/c2ccccc2F)n1)Nc1ccc(F)cc1. The molecule has 0 saturated heterocycles. The van der Waals surface area contributed by atoms with Crippen LogP contribution in [0, 0.1) is 11.6 Å². The number of halogens is 2. The van der Waals surface area contributed by atoms with E-state index in [4.69, 9.17) is 0 Å². The Balaban J connectivity index is 1.47. The number of H-pyrrole nitrogens is 1. The van der Waals surface area contributed by atoms with E-state index in [9.17, 15) is 13.6 Å². The lowest BCUT2D eigenvalue weighted by atomic mass is 10.2. The molecule has 0 fully saturated rings. The Morgan fingerprint density at radius 3 is 2.74 bits per heavy atom. The highest BCUT2D eigenvalue weighted by atomic mass is 32.2. The summed E-state index contributed by atoms with van der Waals surface area (Å²) in [7, 11) is 0. The molecule has 27 heavy (non-hydrogen) atoms. The van der Waals surface area contributed by atoms with Crippen molar-refractivity contribution in [1.29, 1.82) is 0 Å². The van der Waals surface area contributed by atoms with Crippen LogP contribution in [-0.4, -0.2) is 33.1 Å². The number of aromatic nitrogens is 3. The van der Waals surface area contributed by atoms with Gasteiger partial charge in [-0.2, -0.15) is 10.1 Å². The number of nitrogens with zero attached hydrogens (tertiary/aromatic N) is 3. The molecule has 0 spiro atoms. The molecule has 3 N–H and O–H groups in total. The maximum atomic E-state index is 13.5. The topological polar surface area (TPSA) is 95.1 Å². The van der Waals surface area contributed by atoms with Gasteiger partial charge in [-0.25, -0.2) is 19.3 Å². The fourth-order valence-electron chi connectivity index (χ4n) is 1.96. The minimum absolute atomic E-state index is 0.0766. The maximum absolute atomic E-state index is 13.5. The van der Waals surface area contributed by atoms with Crippen LogP contribution in [0.15, 0.2) is 58.8 Å². The zero-order valence-corrected chi connectivity index (χ0v) is 14.6. The fourth-order valence-corrected chi connectivity index (χ4v) is 2.56. The van der Waals surface area contributed by atoms with E-state index in [1.807, 2.05) is 0 Å². The zero-order valence-electron chi connectivity index (χ0n) is 13.8. The van der Waals surface area contributed by atoms with E-state index in [1.54, 1.807) is 18.2 Å².